The third kappa shape index (κ3) is 7.96. The van der Waals surface area contributed by atoms with Gasteiger partial charge in [0.1, 0.15) is 5.75 Å². The molecule has 0 aliphatic rings. The third-order valence-electron chi connectivity index (χ3n) is 5.53. The zero-order valence-corrected chi connectivity index (χ0v) is 24.1. The van der Waals surface area contributed by atoms with E-state index in [0.29, 0.717) is 15.1 Å². The molecule has 0 radical (unpaired) electrons. The van der Waals surface area contributed by atoms with Crippen molar-refractivity contribution in [3.05, 3.63) is 127 Å². The van der Waals surface area contributed by atoms with E-state index in [1.54, 1.807) is 12.1 Å². The van der Waals surface area contributed by atoms with Crippen molar-refractivity contribution < 1.29 is 32.3 Å². The van der Waals surface area contributed by atoms with E-state index in [0.717, 1.165) is 18.2 Å². The predicted molar refractivity (Wildman–Crippen MR) is 156 cm³/mol. The first-order chi connectivity index (χ1) is 19.9. The van der Waals surface area contributed by atoms with Crippen LogP contribution in [-0.4, -0.2) is 24.0 Å². The number of carbonyl (C=O) groups excluding carboxylic acids is 3. The number of hydrazone groups is 1. The minimum absolute atomic E-state index is 0.0974. The zero-order chi connectivity index (χ0) is 30.4. The fraction of sp³-hybridized carbons (Fsp3) is 0.0345. The van der Waals surface area contributed by atoms with Gasteiger partial charge >= 0.3 is 12.1 Å². The lowest BCUT2D eigenvalue weighted by atomic mass is 10.1. The van der Waals surface area contributed by atoms with Crippen LogP contribution in [0.1, 0.15) is 42.2 Å². The predicted octanol–water partition coefficient (Wildman–Crippen LogP) is 8.01. The largest absolute Gasteiger partial charge is 0.422 e. The maximum atomic E-state index is 13.0. The summed E-state index contributed by atoms with van der Waals surface area (Å²) in [6.45, 7) is 0. The molecule has 0 saturated heterocycles. The van der Waals surface area contributed by atoms with Crippen LogP contribution >= 0.6 is 39.1 Å². The van der Waals surface area contributed by atoms with Crippen LogP contribution in [0.25, 0.3) is 0 Å². The molecule has 4 rings (SSSR count). The Morgan fingerprint density at radius 3 is 2.29 bits per heavy atom. The van der Waals surface area contributed by atoms with Crippen LogP contribution in [0, 0.1) is 0 Å². The summed E-state index contributed by atoms with van der Waals surface area (Å²) in [6.07, 6.45) is -3.34. The molecule has 7 nitrogen and oxygen atoms in total. The van der Waals surface area contributed by atoms with Crippen molar-refractivity contribution in [2.75, 3.05) is 5.32 Å². The second-order valence-electron chi connectivity index (χ2n) is 8.51. The maximum Gasteiger partial charge on any atom is 0.416 e. The number of amides is 2. The van der Waals surface area contributed by atoms with E-state index < -0.39 is 29.5 Å². The molecule has 42 heavy (non-hydrogen) atoms. The van der Waals surface area contributed by atoms with Crippen LogP contribution in [0.2, 0.25) is 10.0 Å². The average Bonchev–Trinajstić information content (AvgIpc) is 2.94. The number of ether oxygens (including phenoxy) is 1. The van der Waals surface area contributed by atoms with Crippen LogP contribution in [0.15, 0.2) is 94.5 Å². The lowest BCUT2D eigenvalue weighted by Gasteiger charge is -2.10. The minimum Gasteiger partial charge on any atom is -0.422 e. The SMILES string of the molecule is O=C(NN=Cc1cc(Br)ccc1OC(=O)c1ccc(Cl)cc1Cl)c1cccc(NC(=O)c2cccc(C(F)(F)F)c2)c1. The summed E-state index contributed by atoms with van der Waals surface area (Å²) in [5.74, 6) is -2.04. The van der Waals surface area contributed by atoms with E-state index >= 15 is 0 Å². The first-order valence-corrected chi connectivity index (χ1v) is 13.3. The van der Waals surface area contributed by atoms with Gasteiger partial charge in [0.05, 0.1) is 22.4 Å². The second kappa shape index (κ2) is 13.2. The molecular formula is C29H17BrCl2F3N3O4. The van der Waals surface area contributed by atoms with Gasteiger partial charge in [-0.2, -0.15) is 18.3 Å². The van der Waals surface area contributed by atoms with Gasteiger partial charge in [0.25, 0.3) is 11.8 Å². The van der Waals surface area contributed by atoms with Crippen LogP contribution < -0.4 is 15.5 Å². The molecule has 2 amide bonds. The van der Waals surface area contributed by atoms with Gasteiger partial charge in [0.15, 0.2) is 0 Å². The smallest absolute Gasteiger partial charge is 0.416 e. The van der Waals surface area contributed by atoms with E-state index in [9.17, 15) is 27.6 Å². The van der Waals surface area contributed by atoms with Crippen molar-refractivity contribution in [1.29, 1.82) is 0 Å². The van der Waals surface area contributed by atoms with Gasteiger partial charge in [-0.25, -0.2) is 10.2 Å². The number of halogens is 6. The summed E-state index contributed by atoms with van der Waals surface area (Å²) in [4.78, 5) is 37.9. The fourth-order valence-corrected chi connectivity index (χ4v) is 4.39. The summed E-state index contributed by atoms with van der Waals surface area (Å²) >= 11 is 15.3. The molecule has 0 saturated carbocycles. The number of anilines is 1. The normalized spacial score (nSPS) is 11.3. The molecule has 0 heterocycles. The van der Waals surface area contributed by atoms with Gasteiger partial charge in [-0.1, -0.05) is 51.3 Å². The average molecular weight is 679 g/mol. The van der Waals surface area contributed by atoms with E-state index in [4.69, 9.17) is 27.9 Å². The van der Waals surface area contributed by atoms with Gasteiger partial charge in [-0.15, -0.1) is 0 Å². The van der Waals surface area contributed by atoms with Crippen LogP contribution in [-0.2, 0) is 6.18 Å². The highest BCUT2D eigenvalue weighted by Gasteiger charge is 2.31. The van der Waals surface area contributed by atoms with E-state index in [1.807, 2.05) is 0 Å². The van der Waals surface area contributed by atoms with Crippen molar-refractivity contribution in [2.24, 2.45) is 5.10 Å². The Bertz CT molecular complexity index is 1710. The molecule has 2 N–H and O–H groups in total. The Hall–Kier alpha value is -4.19. The van der Waals surface area contributed by atoms with Crippen molar-refractivity contribution in [2.45, 2.75) is 6.18 Å². The molecule has 0 aromatic heterocycles. The number of benzene rings is 4. The molecule has 13 heteroatoms. The number of hydrogen-bond acceptors (Lipinski definition) is 5. The molecule has 4 aromatic carbocycles. The highest BCUT2D eigenvalue weighted by Crippen LogP contribution is 2.30. The molecule has 0 atom stereocenters. The second-order valence-corrected chi connectivity index (χ2v) is 10.3. The number of alkyl halides is 3. The monoisotopic (exact) mass is 677 g/mol. The number of nitrogens with one attached hydrogen (secondary N) is 2. The Labute approximate surface area is 255 Å². The molecule has 4 aromatic rings. The quantitative estimate of drug-likeness (QED) is 0.0896. The van der Waals surface area contributed by atoms with Crippen molar-refractivity contribution >= 4 is 68.8 Å². The van der Waals surface area contributed by atoms with E-state index in [-0.39, 0.29) is 33.1 Å². The molecule has 0 aliphatic heterocycles. The third-order valence-corrected chi connectivity index (χ3v) is 6.57. The van der Waals surface area contributed by atoms with Gasteiger partial charge in [0.2, 0.25) is 0 Å². The summed E-state index contributed by atoms with van der Waals surface area (Å²) in [5.41, 5.74) is 1.89. The number of rotatable bonds is 7. The molecule has 0 bridgehead atoms. The number of hydrogen-bond donors (Lipinski definition) is 2. The van der Waals surface area contributed by atoms with Crippen LogP contribution in [0.4, 0.5) is 18.9 Å². The summed E-state index contributed by atoms with van der Waals surface area (Å²) in [7, 11) is 0. The Morgan fingerprint density at radius 2 is 1.57 bits per heavy atom. The standard InChI is InChI=1S/C29H17BrCl2F3N3O4/c30-20-7-10-25(42-28(41)23-9-8-21(31)14-24(23)32)18(12-20)15-36-38-27(40)17-4-2-6-22(13-17)37-26(39)16-3-1-5-19(11-16)29(33,34)35/h1-15H,(H,37,39)(H,38,40). The van der Waals surface area contributed by atoms with Gasteiger partial charge in [0, 0.05) is 31.9 Å². The van der Waals surface area contributed by atoms with Crippen molar-refractivity contribution in [3.63, 3.8) is 0 Å². The topological polar surface area (TPSA) is 96.9 Å². The van der Waals surface area contributed by atoms with E-state index in [2.05, 4.69) is 31.8 Å². The highest BCUT2D eigenvalue weighted by atomic mass is 79.9. The van der Waals surface area contributed by atoms with Gasteiger partial charge in [-0.3, -0.25) is 9.59 Å². The van der Waals surface area contributed by atoms with Crippen molar-refractivity contribution in [3.8, 4) is 5.75 Å². The maximum absolute atomic E-state index is 13.0. The number of nitrogens with zero attached hydrogens (tertiary/aromatic N) is 1. The van der Waals surface area contributed by atoms with Crippen LogP contribution in [0.5, 0.6) is 5.75 Å². The Kier molecular flexibility index (Phi) is 9.66. The van der Waals surface area contributed by atoms with Gasteiger partial charge < -0.3 is 10.1 Å². The highest BCUT2D eigenvalue weighted by molar-refractivity contribution is 9.10. The van der Waals surface area contributed by atoms with Crippen molar-refractivity contribution in [1.82, 2.24) is 5.43 Å². The summed E-state index contributed by atoms with van der Waals surface area (Å²) in [6, 6.07) is 18.8. The first kappa shape index (κ1) is 30.8. The number of esters is 1. The number of carbonyl (C=O) groups is 3. The summed E-state index contributed by atoms with van der Waals surface area (Å²) in [5, 5.41) is 6.86. The molecular weight excluding hydrogens is 662 g/mol. The molecule has 214 valence electrons. The lowest BCUT2D eigenvalue weighted by molar-refractivity contribution is -0.137. The first-order valence-electron chi connectivity index (χ1n) is 11.8. The zero-order valence-electron chi connectivity index (χ0n) is 21.0. The minimum atomic E-state index is -4.60. The van der Waals surface area contributed by atoms with E-state index in [1.165, 1.54) is 60.8 Å². The summed E-state index contributed by atoms with van der Waals surface area (Å²) < 4.78 is 45.1. The molecule has 0 spiro atoms. The molecule has 0 fully saturated rings. The van der Waals surface area contributed by atoms with Gasteiger partial charge in [-0.05, 0) is 72.8 Å². The van der Waals surface area contributed by atoms with Crippen LogP contribution in [0.3, 0.4) is 0 Å². The Morgan fingerprint density at radius 1 is 0.857 bits per heavy atom. The fourth-order valence-electron chi connectivity index (χ4n) is 3.53. The molecule has 0 unspecified atom stereocenters. The molecule has 0 aliphatic carbocycles. The lowest BCUT2D eigenvalue weighted by Crippen LogP contribution is -2.19. The Balaban J connectivity index is 1.44.